The van der Waals surface area contributed by atoms with Crippen molar-refractivity contribution in [3.8, 4) is 22.5 Å². The number of aryl methyl sites for hydroxylation is 2. The van der Waals surface area contributed by atoms with Crippen molar-refractivity contribution in [2.24, 2.45) is 0 Å². The minimum Gasteiger partial charge on any atom is -0.339 e. The molecule has 0 aliphatic heterocycles. The van der Waals surface area contributed by atoms with Crippen LogP contribution in [0.4, 0.5) is 5.69 Å². The summed E-state index contributed by atoms with van der Waals surface area (Å²) in [5, 5.41) is 6.95. The summed E-state index contributed by atoms with van der Waals surface area (Å²) in [5.74, 6) is 0.903. The maximum Gasteiger partial charge on any atom is 0.227 e. The molecule has 4 aromatic rings. The molecule has 0 saturated carbocycles. The van der Waals surface area contributed by atoms with Crippen molar-refractivity contribution < 1.29 is 9.32 Å². The number of rotatable bonds is 7. The molecule has 3 aromatic carbocycles. The highest BCUT2D eigenvalue weighted by molar-refractivity contribution is 5.90. The molecule has 0 spiro atoms. The fourth-order valence-electron chi connectivity index (χ4n) is 3.18. The smallest absolute Gasteiger partial charge is 0.227 e. The largest absolute Gasteiger partial charge is 0.339 e. The van der Waals surface area contributed by atoms with Crippen LogP contribution in [0.2, 0.25) is 0 Å². The minimum atomic E-state index is -0.0776. The summed E-state index contributed by atoms with van der Waals surface area (Å²) >= 11 is 0. The summed E-state index contributed by atoms with van der Waals surface area (Å²) in [5.41, 5.74) is 5.20. The Balaban J connectivity index is 1.34. The van der Waals surface area contributed by atoms with E-state index in [9.17, 15) is 4.79 Å². The van der Waals surface area contributed by atoms with E-state index in [1.54, 1.807) is 0 Å². The zero-order chi connectivity index (χ0) is 20.8. The van der Waals surface area contributed by atoms with E-state index in [-0.39, 0.29) is 12.3 Å². The van der Waals surface area contributed by atoms with Gasteiger partial charge in [-0.3, -0.25) is 4.79 Å². The van der Waals surface area contributed by atoms with Crippen molar-refractivity contribution in [3.05, 3.63) is 90.3 Å². The predicted molar refractivity (Wildman–Crippen MR) is 118 cm³/mol. The number of nitrogens with one attached hydrogen (secondary N) is 1. The molecule has 0 fully saturated rings. The topological polar surface area (TPSA) is 68.0 Å². The summed E-state index contributed by atoms with van der Waals surface area (Å²) in [7, 11) is 0. The normalized spacial score (nSPS) is 10.7. The molecule has 1 amide bonds. The minimum absolute atomic E-state index is 0.0776. The lowest BCUT2D eigenvalue weighted by Crippen LogP contribution is -2.12. The quantitative estimate of drug-likeness (QED) is 0.445. The maximum atomic E-state index is 12.2. The molecule has 5 heteroatoms. The first-order chi connectivity index (χ1) is 14.7. The van der Waals surface area contributed by atoms with Crippen LogP contribution in [-0.2, 0) is 17.6 Å². The average molecular weight is 397 g/mol. The Morgan fingerprint density at radius 1 is 0.867 bits per heavy atom. The Kier molecular flexibility index (Phi) is 5.99. The van der Waals surface area contributed by atoms with Crippen LogP contribution in [0.3, 0.4) is 0 Å². The Bertz CT molecular complexity index is 1100. The lowest BCUT2D eigenvalue weighted by molar-refractivity contribution is -0.116. The van der Waals surface area contributed by atoms with Gasteiger partial charge in [-0.15, -0.1) is 0 Å². The Morgan fingerprint density at radius 2 is 1.53 bits per heavy atom. The van der Waals surface area contributed by atoms with Gasteiger partial charge >= 0.3 is 0 Å². The van der Waals surface area contributed by atoms with Crippen molar-refractivity contribution >= 4 is 11.6 Å². The van der Waals surface area contributed by atoms with Crippen molar-refractivity contribution in [3.63, 3.8) is 0 Å². The van der Waals surface area contributed by atoms with Gasteiger partial charge in [0, 0.05) is 24.1 Å². The molecule has 0 aliphatic carbocycles. The molecule has 150 valence electrons. The van der Waals surface area contributed by atoms with Crippen molar-refractivity contribution in [1.29, 1.82) is 0 Å². The van der Waals surface area contributed by atoms with Gasteiger partial charge in [-0.25, -0.2) is 0 Å². The summed E-state index contributed by atoms with van der Waals surface area (Å²) in [6.45, 7) is 2.10. The standard InChI is InChI=1S/C25H23N3O2/c1-2-18-8-14-22(15-9-18)26-23(29)16-17-24-27-25(28-30-24)21-12-10-20(11-13-21)19-6-4-3-5-7-19/h3-15H,2,16-17H2,1H3,(H,26,29). The zero-order valence-electron chi connectivity index (χ0n) is 16.8. The molecule has 1 aromatic heterocycles. The van der Waals surface area contributed by atoms with E-state index in [0.29, 0.717) is 18.1 Å². The summed E-state index contributed by atoms with van der Waals surface area (Å²) < 4.78 is 5.32. The fourth-order valence-corrected chi connectivity index (χ4v) is 3.18. The van der Waals surface area contributed by atoms with Gasteiger partial charge in [0.2, 0.25) is 17.6 Å². The number of carbonyl (C=O) groups is 1. The van der Waals surface area contributed by atoms with Crippen molar-refractivity contribution in [2.75, 3.05) is 5.32 Å². The molecule has 1 heterocycles. The molecular formula is C25H23N3O2. The molecule has 30 heavy (non-hydrogen) atoms. The lowest BCUT2D eigenvalue weighted by Gasteiger charge is -2.05. The van der Waals surface area contributed by atoms with Crippen LogP contribution >= 0.6 is 0 Å². The number of aromatic nitrogens is 2. The highest BCUT2D eigenvalue weighted by atomic mass is 16.5. The number of anilines is 1. The number of amides is 1. The first-order valence-corrected chi connectivity index (χ1v) is 10.1. The Labute approximate surface area is 175 Å². The van der Waals surface area contributed by atoms with Gasteiger partial charge in [0.15, 0.2) is 0 Å². The highest BCUT2D eigenvalue weighted by Gasteiger charge is 2.11. The lowest BCUT2D eigenvalue weighted by atomic mass is 10.0. The van der Waals surface area contributed by atoms with Gasteiger partial charge < -0.3 is 9.84 Å². The summed E-state index contributed by atoms with van der Waals surface area (Å²) in [4.78, 5) is 16.6. The third kappa shape index (κ3) is 4.81. The number of hydrogen-bond acceptors (Lipinski definition) is 4. The Hall–Kier alpha value is -3.73. The van der Waals surface area contributed by atoms with E-state index in [1.807, 2.05) is 66.7 Å². The fraction of sp³-hybridized carbons (Fsp3) is 0.160. The number of hydrogen-bond donors (Lipinski definition) is 1. The van der Waals surface area contributed by atoms with Gasteiger partial charge in [-0.05, 0) is 35.2 Å². The third-order valence-electron chi connectivity index (χ3n) is 4.93. The van der Waals surface area contributed by atoms with E-state index >= 15 is 0 Å². The predicted octanol–water partition coefficient (Wildman–Crippen LogP) is 5.54. The van der Waals surface area contributed by atoms with Gasteiger partial charge in [0.1, 0.15) is 0 Å². The van der Waals surface area contributed by atoms with Crippen LogP contribution in [0.5, 0.6) is 0 Å². The molecule has 0 radical (unpaired) electrons. The Morgan fingerprint density at radius 3 is 2.23 bits per heavy atom. The van der Waals surface area contributed by atoms with E-state index < -0.39 is 0 Å². The van der Waals surface area contributed by atoms with Crippen LogP contribution in [0.15, 0.2) is 83.4 Å². The molecule has 5 nitrogen and oxygen atoms in total. The van der Waals surface area contributed by atoms with Crippen LogP contribution in [0.25, 0.3) is 22.5 Å². The second-order valence-corrected chi connectivity index (χ2v) is 7.05. The molecule has 0 atom stereocenters. The van der Waals surface area contributed by atoms with Gasteiger partial charge in [-0.1, -0.05) is 78.8 Å². The van der Waals surface area contributed by atoms with E-state index in [1.165, 1.54) is 5.56 Å². The highest BCUT2D eigenvalue weighted by Crippen LogP contribution is 2.23. The molecule has 0 aliphatic rings. The second kappa shape index (κ2) is 9.18. The monoisotopic (exact) mass is 397 g/mol. The van der Waals surface area contributed by atoms with Crippen LogP contribution in [0, 0.1) is 0 Å². The molecule has 0 unspecified atom stereocenters. The van der Waals surface area contributed by atoms with E-state index in [4.69, 9.17) is 4.52 Å². The van der Waals surface area contributed by atoms with Gasteiger partial charge in [0.25, 0.3) is 0 Å². The molecule has 4 rings (SSSR count). The first kappa shape index (κ1) is 19.6. The molecular weight excluding hydrogens is 374 g/mol. The molecule has 0 bridgehead atoms. The number of carbonyl (C=O) groups excluding carboxylic acids is 1. The van der Waals surface area contributed by atoms with Gasteiger partial charge in [0.05, 0.1) is 0 Å². The SMILES string of the molecule is CCc1ccc(NC(=O)CCc2nc(-c3ccc(-c4ccccc4)cc3)no2)cc1. The second-order valence-electron chi connectivity index (χ2n) is 7.05. The number of nitrogens with zero attached hydrogens (tertiary/aromatic N) is 2. The van der Waals surface area contributed by atoms with Crippen LogP contribution in [-0.4, -0.2) is 16.0 Å². The molecule has 0 saturated heterocycles. The average Bonchev–Trinajstić information content (AvgIpc) is 3.28. The van der Waals surface area contributed by atoms with E-state index in [0.717, 1.165) is 28.8 Å². The maximum absolute atomic E-state index is 12.2. The first-order valence-electron chi connectivity index (χ1n) is 10.1. The van der Waals surface area contributed by atoms with Gasteiger partial charge in [-0.2, -0.15) is 4.98 Å². The van der Waals surface area contributed by atoms with E-state index in [2.05, 4.69) is 34.5 Å². The summed E-state index contributed by atoms with van der Waals surface area (Å²) in [6, 6.07) is 26.1. The zero-order valence-corrected chi connectivity index (χ0v) is 16.8. The van der Waals surface area contributed by atoms with Crippen molar-refractivity contribution in [2.45, 2.75) is 26.2 Å². The third-order valence-corrected chi connectivity index (χ3v) is 4.93. The number of benzene rings is 3. The van der Waals surface area contributed by atoms with Crippen LogP contribution in [0.1, 0.15) is 24.8 Å². The summed E-state index contributed by atoms with van der Waals surface area (Å²) in [6.07, 6.45) is 1.65. The molecule has 1 N–H and O–H groups in total. The van der Waals surface area contributed by atoms with Crippen LogP contribution < -0.4 is 5.32 Å². The van der Waals surface area contributed by atoms with Crippen molar-refractivity contribution in [1.82, 2.24) is 10.1 Å².